The van der Waals surface area contributed by atoms with Crippen LogP contribution in [0.2, 0.25) is 0 Å². The van der Waals surface area contributed by atoms with Crippen molar-refractivity contribution in [3.63, 3.8) is 0 Å². The Kier molecular flexibility index (Phi) is 3.96. The van der Waals surface area contributed by atoms with Gasteiger partial charge in [-0.2, -0.15) is 0 Å². The van der Waals surface area contributed by atoms with Gasteiger partial charge in [-0.1, -0.05) is 6.92 Å². The van der Waals surface area contributed by atoms with Crippen molar-refractivity contribution in [2.75, 3.05) is 7.11 Å². The van der Waals surface area contributed by atoms with Gasteiger partial charge >= 0.3 is 11.9 Å². The van der Waals surface area contributed by atoms with Crippen molar-refractivity contribution in [3.8, 4) is 0 Å². The molecule has 0 heterocycles. The summed E-state index contributed by atoms with van der Waals surface area (Å²) in [7, 11) is 1.04. The number of ketones is 1. The number of esters is 1. The molecule has 0 saturated carbocycles. The zero-order valence-corrected chi connectivity index (χ0v) is 6.86. The molecule has 1 N–H and O–H groups in total. The quantitative estimate of drug-likeness (QED) is 0.473. The van der Waals surface area contributed by atoms with E-state index in [2.05, 4.69) is 4.74 Å². The maximum Gasteiger partial charge on any atom is 0.327 e. The molecule has 1 unspecified atom stereocenters. The molecule has 5 heteroatoms. The molecule has 0 fully saturated rings. The standard InChI is InChI=1S/C7H10O5/c1-3-4(8)5(6(9)10)7(11)12-2/h5H,3H2,1-2H3,(H,9,10). The highest BCUT2D eigenvalue weighted by Crippen LogP contribution is 2.04. The van der Waals surface area contributed by atoms with Crippen LogP contribution in [-0.2, 0) is 19.1 Å². The number of carbonyl (C=O) groups excluding carboxylic acids is 2. The molecular formula is C7H10O5. The monoisotopic (exact) mass is 174 g/mol. The van der Waals surface area contributed by atoms with Crippen LogP contribution in [0.1, 0.15) is 13.3 Å². The van der Waals surface area contributed by atoms with E-state index in [0.717, 1.165) is 7.11 Å². The summed E-state index contributed by atoms with van der Waals surface area (Å²) in [6, 6.07) is 0. The Morgan fingerprint density at radius 1 is 1.42 bits per heavy atom. The third kappa shape index (κ3) is 2.34. The van der Waals surface area contributed by atoms with Gasteiger partial charge in [0.1, 0.15) is 0 Å². The number of ether oxygens (including phenoxy) is 1. The van der Waals surface area contributed by atoms with E-state index in [1.165, 1.54) is 6.92 Å². The van der Waals surface area contributed by atoms with Crippen LogP contribution in [0.3, 0.4) is 0 Å². The van der Waals surface area contributed by atoms with Crippen LogP contribution < -0.4 is 0 Å². The Labute approximate surface area is 69.3 Å². The van der Waals surface area contributed by atoms with E-state index < -0.39 is 23.6 Å². The molecule has 0 aliphatic carbocycles. The Balaban J connectivity index is 4.55. The van der Waals surface area contributed by atoms with Crippen LogP contribution in [0, 0.1) is 5.92 Å². The second-order valence-corrected chi connectivity index (χ2v) is 2.11. The minimum Gasteiger partial charge on any atom is -0.480 e. The molecule has 5 nitrogen and oxygen atoms in total. The second kappa shape index (κ2) is 4.48. The highest BCUT2D eigenvalue weighted by atomic mass is 16.5. The topological polar surface area (TPSA) is 80.7 Å². The fourth-order valence-corrected chi connectivity index (χ4v) is 0.692. The van der Waals surface area contributed by atoms with Crippen LogP contribution in [0.15, 0.2) is 0 Å². The Morgan fingerprint density at radius 3 is 2.17 bits per heavy atom. The Morgan fingerprint density at radius 2 is 1.92 bits per heavy atom. The molecule has 68 valence electrons. The Hall–Kier alpha value is -1.39. The van der Waals surface area contributed by atoms with Crippen LogP contribution in [0.25, 0.3) is 0 Å². The van der Waals surface area contributed by atoms with E-state index in [1.807, 2.05) is 0 Å². The first-order valence-corrected chi connectivity index (χ1v) is 3.38. The van der Waals surface area contributed by atoms with E-state index in [9.17, 15) is 14.4 Å². The van der Waals surface area contributed by atoms with Crippen molar-refractivity contribution in [1.29, 1.82) is 0 Å². The molecule has 12 heavy (non-hydrogen) atoms. The number of Topliss-reactive ketones (excluding diaryl/α,β-unsaturated/α-hetero) is 1. The average molecular weight is 174 g/mol. The summed E-state index contributed by atoms with van der Waals surface area (Å²) >= 11 is 0. The van der Waals surface area contributed by atoms with Gasteiger partial charge in [0.05, 0.1) is 7.11 Å². The van der Waals surface area contributed by atoms with Gasteiger partial charge in [-0.15, -0.1) is 0 Å². The zero-order valence-electron chi connectivity index (χ0n) is 6.86. The lowest BCUT2D eigenvalue weighted by molar-refractivity contribution is -0.159. The molecule has 0 amide bonds. The summed E-state index contributed by atoms with van der Waals surface area (Å²) in [4.78, 5) is 32.0. The molecule has 0 rings (SSSR count). The number of aliphatic carboxylic acids is 1. The molecule has 0 radical (unpaired) electrons. The van der Waals surface area contributed by atoms with Gasteiger partial charge in [0, 0.05) is 6.42 Å². The summed E-state index contributed by atoms with van der Waals surface area (Å²) in [6.07, 6.45) is 0.00602. The third-order valence-corrected chi connectivity index (χ3v) is 1.35. The predicted molar refractivity (Wildman–Crippen MR) is 38.4 cm³/mol. The fraction of sp³-hybridized carbons (Fsp3) is 0.571. The highest BCUT2D eigenvalue weighted by Gasteiger charge is 2.33. The van der Waals surface area contributed by atoms with E-state index >= 15 is 0 Å². The molecule has 0 bridgehead atoms. The number of carboxylic acid groups (broad SMARTS) is 1. The molecule has 0 aliphatic rings. The number of hydrogen-bond donors (Lipinski definition) is 1. The molecule has 0 spiro atoms. The van der Waals surface area contributed by atoms with Gasteiger partial charge in [0.25, 0.3) is 0 Å². The van der Waals surface area contributed by atoms with Gasteiger partial charge in [-0.3, -0.25) is 14.4 Å². The molecule has 0 aromatic carbocycles. The summed E-state index contributed by atoms with van der Waals surface area (Å²) in [5.74, 6) is -4.79. The Bertz CT molecular complexity index is 192. The van der Waals surface area contributed by atoms with E-state index in [1.54, 1.807) is 0 Å². The van der Waals surface area contributed by atoms with E-state index in [-0.39, 0.29) is 6.42 Å². The first-order valence-electron chi connectivity index (χ1n) is 3.38. The molecule has 0 aliphatic heterocycles. The molecule has 0 aromatic heterocycles. The number of carboxylic acids is 1. The SMILES string of the molecule is CCC(=O)C(C(=O)O)C(=O)OC. The van der Waals surface area contributed by atoms with E-state index in [4.69, 9.17) is 5.11 Å². The van der Waals surface area contributed by atoms with E-state index in [0.29, 0.717) is 0 Å². The van der Waals surface area contributed by atoms with Crippen molar-refractivity contribution in [2.24, 2.45) is 5.92 Å². The largest absolute Gasteiger partial charge is 0.480 e. The van der Waals surface area contributed by atoms with Crippen molar-refractivity contribution in [3.05, 3.63) is 0 Å². The van der Waals surface area contributed by atoms with Gasteiger partial charge in [-0.05, 0) is 0 Å². The van der Waals surface area contributed by atoms with Crippen LogP contribution in [-0.4, -0.2) is 29.9 Å². The molecule has 0 saturated heterocycles. The minimum absolute atomic E-state index is 0.00602. The van der Waals surface area contributed by atoms with Gasteiger partial charge in [0.15, 0.2) is 5.78 Å². The summed E-state index contributed by atoms with van der Waals surface area (Å²) in [5.41, 5.74) is 0. The van der Waals surface area contributed by atoms with Gasteiger partial charge in [0.2, 0.25) is 5.92 Å². The summed E-state index contributed by atoms with van der Waals surface area (Å²) in [6.45, 7) is 1.49. The zero-order chi connectivity index (χ0) is 9.72. The van der Waals surface area contributed by atoms with Gasteiger partial charge in [-0.25, -0.2) is 0 Å². The maximum absolute atomic E-state index is 10.9. The van der Waals surface area contributed by atoms with Crippen molar-refractivity contribution in [2.45, 2.75) is 13.3 Å². The average Bonchev–Trinajstić information content (AvgIpc) is 2.03. The number of methoxy groups -OCH3 is 1. The molecule has 0 aromatic rings. The van der Waals surface area contributed by atoms with Gasteiger partial charge < -0.3 is 9.84 Å². The molecular weight excluding hydrogens is 164 g/mol. The van der Waals surface area contributed by atoms with Crippen molar-refractivity contribution in [1.82, 2.24) is 0 Å². The predicted octanol–water partition coefficient (Wildman–Crippen LogP) is -0.161. The minimum atomic E-state index is -1.67. The fourth-order valence-electron chi connectivity index (χ4n) is 0.692. The number of hydrogen-bond acceptors (Lipinski definition) is 4. The second-order valence-electron chi connectivity index (χ2n) is 2.11. The summed E-state index contributed by atoms with van der Waals surface area (Å²) < 4.78 is 4.16. The van der Waals surface area contributed by atoms with Crippen molar-refractivity contribution < 1.29 is 24.2 Å². The third-order valence-electron chi connectivity index (χ3n) is 1.35. The first kappa shape index (κ1) is 10.6. The maximum atomic E-state index is 10.9. The highest BCUT2D eigenvalue weighted by molar-refractivity contribution is 6.14. The number of carbonyl (C=O) groups is 3. The lowest BCUT2D eigenvalue weighted by atomic mass is 10.0. The smallest absolute Gasteiger partial charge is 0.327 e. The lowest BCUT2D eigenvalue weighted by Gasteiger charge is -2.06. The van der Waals surface area contributed by atoms with Crippen LogP contribution >= 0.6 is 0 Å². The first-order chi connectivity index (χ1) is 5.54. The number of rotatable bonds is 4. The normalized spacial score (nSPS) is 11.8. The van der Waals surface area contributed by atoms with Crippen molar-refractivity contribution >= 4 is 17.7 Å². The summed E-state index contributed by atoms with van der Waals surface area (Å²) in [5, 5.41) is 8.45. The van der Waals surface area contributed by atoms with Crippen LogP contribution in [0.4, 0.5) is 0 Å². The molecule has 1 atom stereocenters. The van der Waals surface area contributed by atoms with Crippen LogP contribution in [0.5, 0.6) is 0 Å². The lowest BCUT2D eigenvalue weighted by Crippen LogP contribution is -2.32.